The van der Waals surface area contributed by atoms with Crippen LogP contribution in [0.1, 0.15) is 16.7 Å². The van der Waals surface area contributed by atoms with Gasteiger partial charge < -0.3 is 4.74 Å². The van der Waals surface area contributed by atoms with E-state index in [2.05, 4.69) is 0 Å². The van der Waals surface area contributed by atoms with Crippen LogP contribution in [0.25, 0.3) is 0 Å². The molecule has 0 spiro atoms. The first-order valence-corrected chi connectivity index (χ1v) is 6.50. The number of non-ortho nitro benzene ring substituents is 1. The van der Waals surface area contributed by atoms with Crippen molar-refractivity contribution in [2.75, 3.05) is 0 Å². The van der Waals surface area contributed by atoms with Crippen LogP contribution in [0.2, 0.25) is 0 Å². The average molecular weight is 285 g/mol. The molecule has 0 saturated carbocycles. The molecule has 0 aliphatic carbocycles. The Balaban J connectivity index is 1.99. The van der Waals surface area contributed by atoms with Crippen LogP contribution in [0.4, 0.5) is 5.69 Å². The van der Waals surface area contributed by atoms with Crippen molar-refractivity contribution in [1.29, 1.82) is 0 Å². The van der Waals surface area contributed by atoms with Gasteiger partial charge >= 0.3 is 5.97 Å². The van der Waals surface area contributed by atoms with E-state index in [0.29, 0.717) is 5.56 Å². The van der Waals surface area contributed by atoms with Crippen LogP contribution in [0.15, 0.2) is 48.5 Å². The molecule has 0 aromatic heterocycles. The third-order valence-electron chi connectivity index (χ3n) is 3.12. The van der Waals surface area contributed by atoms with Crippen molar-refractivity contribution >= 4 is 11.7 Å². The molecule has 0 fully saturated rings. The van der Waals surface area contributed by atoms with Crippen molar-refractivity contribution in [1.82, 2.24) is 0 Å². The molecule has 0 unspecified atom stereocenters. The number of hydrogen-bond acceptors (Lipinski definition) is 4. The van der Waals surface area contributed by atoms with E-state index in [1.165, 1.54) is 12.1 Å². The molecule has 0 heterocycles. The minimum Gasteiger partial charge on any atom is -0.461 e. The monoisotopic (exact) mass is 285 g/mol. The fourth-order valence-electron chi connectivity index (χ4n) is 1.91. The fourth-order valence-corrected chi connectivity index (χ4v) is 1.91. The number of ether oxygens (including phenoxy) is 1. The van der Waals surface area contributed by atoms with Gasteiger partial charge in [-0.05, 0) is 23.6 Å². The summed E-state index contributed by atoms with van der Waals surface area (Å²) < 4.78 is 5.18. The summed E-state index contributed by atoms with van der Waals surface area (Å²) in [6.07, 6.45) is 0.0281. The number of carbonyl (C=O) groups is 1. The highest BCUT2D eigenvalue weighted by molar-refractivity contribution is 5.73. The van der Waals surface area contributed by atoms with Crippen LogP contribution >= 0.6 is 0 Å². The second kappa shape index (κ2) is 6.65. The molecule has 0 amide bonds. The number of rotatable bonds is 5. The Labute approximate surface area is 122 Å². The van der Waals surface area contributed by atoms with Gasteiger partial charge in [-0.15, -0.1) is 0 Å². The maximum absolute atomic E-state index is 11.8. The molecule has 0 aliphatic rings. The van der Waals surface area contributed by atoms with Gasteiger partial charge in [0.15, 0.2) is 0 Å². The smallest absolute Gasteiger partial charge is 0.310 e. The minimum atomic E-state index is -0.474. The number of hydrogen-bond donors (Lipinski definition) is 0. The first kappa shape index (κ1) is 14.7. The summed E-state index contributed by atoms with van der Waals surface area (Å²) >= 11 is 0. The van der Waals surface area contributed by atoms with Crippen molar-refractivity contribution in [3.05, 3.63) is 75.3 Å². The number of benzene rings is 2. The van der Waals surface area contributed by atoms with Gasteiger partial charge in [0.25, 0.3) is 5.69 Å². The van der Waals surface area contributed by atoms with E-state index in [1.54, 1.807) is 6.07 Å². The number of esters is 1. The van der Waals surface area contributed by atoms with E-state index < -0.39 is 10.9 Å². The Morgan fingerprint density at radius 3 is 2.57 bits per heavy atom. The molecular weight excluding hydrogens is 270 g/mol. The quantitative estimate of drug-likeness (QED) is 0.480. The molecule has 108 valence electrons. The zero-order valence-corrected chi connectivity index (χ0v) is 11.6. The van der Waals surface area contributed by atoms with E-state index in [0.717, 1.165) is 11.1 Å². The molecule has 21 heavy (non-hydrogen) atoms. The number of aryl methyl sites for hydroxylation is 1. The predicted molar refractivity (Wildman–Crippen MR) is 77.8 cm³/mol. The maximum Gasteiger partial charge on any atom is 0.310 e. The first-order chi connectivity index (χ1) is 10.1. The molecule has 0 N–H and O–H groups in total. The fraction of sp³-hybridized carbons (Fsp3) is 0.188. The molecular formula is C16H15NO4. The van der Waals surface area contributed by atoms with E-state index >= 15 is 0 Å². The van der Waals surface area contributed by atoms with Gasteiger partial charge in [-0.2, -0.15) is 0 Å². The molecule has 0 aliphatic heterocycles. The van der Waals surface area contributed by atoms with Gasteiger partial charge in [0.05, 0.1) is 11.3 Å². The van der Waals surface area contributed by atoms with Gasteiger partial charge in [-0.25, -0.2) is 0 Å². The third-order valence-corrected chi connectivity index (χ3v) is 3.12. The van der Waals surface area contributed by atoms with Crippen molar-refractivity contribution in [3.8, 4) is 0 Å². The number of nitrogens with zero attached hydrogens (tertiary/aromatic N) is 1. The number of carbonyl (C=O) groups excluding carboxylic acids is 1. The second-order valence-corrected chi connectivity index (χ2v) is 4.69. The summed E-state index contributed by atoms with van der Waals surface area (Å²) in [5.74, 6) is -0.401. The Kier molecular flexibility index (Phi) is 4.66. The number of nitro benzene ring substituents is 1. The Morgan fingerprint density at radius 1 is 1.19 bits per heavy atom. The second-order valence-electron chi connectivity index (χ2n) is 4.69. The standard InChI is InChI=1S/C16H15NO4/c1-12-7-8-15(17(19)20)9-14(12)10-16(18)21-11-13-5-3-2-4-6-13/h2-9H,10-11H2,1H3. The van der Waals surface area contributed by atoms with Crippen molar-refractivity contribution in [2.45, 2.75) is 20.0 Å². The lowest BCUT2D eigenvalue weighted by atomic mass is 10.1. The minimum absolute atomic E-state index is 0.0218. The normalized spacial score (nSPS) is 10.1. The van der Waals surface area contributed by atoms with Gasteiger partial charge in [-0.1, -0.05) is 36.4 Å². The molecule has 0 radical (unpaired) electrons. The van der Waals surface area contributed by atoms with Gasteiger partial charge in [0.1, 0.15) is 6.61 Å². The zero-order valence-electron chi connectivity index (χ0n) is 11.6. The van der Waals surface area contributed by atoms with Crippen LogP contribution in [-0.4, -0.2) is 10.9 Å². The van der Waals surface area contributed by atoms with Crippen molar-refractivity contribution in [2.24, 2.45) is 0 Å². The van der Waals surface area contributed by atoms with Crippen LogP contribution in [0.5, 0.6) is 0 Å². The Bertz CT molecular complexity index is 653. The maximum atomic E-state index is 11.8. The van der Waals surface area contributed by atoms with Crippen molar-refractivity contribution < 1.29 is 14.5 Å². The molecule has 2 aromatic rings. The predicted octanol–water partition coefficient (Wildman–Crippen LogP) is 3.19. The highest BCUT2D eigenvalue weighted by Crippen LogP contribution is 2.18. The molecule has 2 aromatic carbocycles. The SMILES string of the molecule is Cc1ccc([N+](=O)[O-])cc1CC(=O)OCc1ccccc1. The highest BCUT2D eigenvalue weighted by Gasteiger charge is 2.12. The Morgan fingerprint density at radius 2 is 1.90 bits per heavy atom. The molecule has 2 rings (SSSR count). The third kappa shape index (κ3) is 4.14. The summed E-state index contributed by atoms with van der Waals surface area (Å²) in [5.41, 5.74) is 2.33. The van der Waals surface area contributed by atoms with Gasteiger partial charge in [-0.3, -0.25) is 14.9 Å². The molecule has 5 heteroatoms. The van der Waals surface area contributed by atoms with Crippen LogP contribution in [0, 0.1) is 17.0 Å². The molecule has 0 bridgehead atoms. The van der Waals surface area contributed by atoms with Crippen molar-refractivity contribution in [3.63, 3.8) is 0 Å². The van der Waals surface area contributed by atoms with E-state index in [-0.39, 0.29) is 18.7 Å². The lowest BCUT2D eigenvalue weighted by Crippen LogP contribution is -2.09. The Hall–Kier alpha value is -2.69. The summed E-state index contributed by atoms with van der Waals surface area (Å²) in [5, 5.41) is 10.8. The molecule has 0 atom stereocenters. The van der Waals surface area contributed by atoms with E-state index in [1.807, 2.05) is 37.3 Å². The summed E-state index contributed by atoms with van der Waals surface area (Å²) in [6, 6.07) is 13.8. The van der Waals surface area contributed by atoms with E-state index in [9.17, 15) is 14.9 Å². The van der Waals surface area contributed by atoms with Crippen LogP contribution in [0.3, 0.4) is 0 Å². The molecule has 5 nitrogen and oxygen atoms in total. The summed E-state index contributed by atoms with van der Waals surface area (Å²) in [6.45, 7) is 2.01. The van der Waals surface area contributed by atoms with Crippen LogP contribution < -0.4 is 0 Å². The van der Waals surface area contributed by atoms with E-state index in [4.69, 9.17) is 4.74 Å². The van der Waals surface area contributed by atoms with Crippen LogP contribution in [-0.2, 0) is 22.6 Å². The highest BCUT2D eigenvalue weighted by atomic mass is 16.6. The zero-order chi connectivity index (χ0) is 15.2. The summed E-state index contributed by atoms with van der Waals surface area (Å²) in [7, 11) is 0. The lowest BCUT2D eigenvalue weighted by molar-refractivity contribution is -0.384. The molecule has 0 saturated heterocycles. The largest absolute Gasteiger partial charge is 0.461 e. The van der Waals surface area contributed by atoms with Gasteiger partial charge in [0, 0.05) is 12.1 Å². The lowest BCUT2D eigenvalue weighted by Gasteiger charge is -2.07. The van der Waals surface area contributed by atoms with Gasteiger partial charge in [0.2, 0.25) is 0 Å². The summed E-state index contributed by atoms with van der Waals surface area (Å²) in [4.78, 5) is 22.1. The average Bonchev–Trinajstić information content (AvgIpc) is 2.48. The number of nitro groups is 1. The first-order valence-electron chi connectivity index (χ1n) is 6.50. The topological polar surface area (TPSA) is 69.4 Å².